The molecule has 2 heterocycles. The van der Waals surface area contributed by atoms with Crippen molar-refractivity contribution in [3.05, 3.63) is 64.3 Å². The number of nitrogens with one attached hydrogen (secondary N) is 1. The van der Waals surface area contributed by atoms with Crippen molar-refractivity contribution in [2.45, 2.75) is 23.5 Å². The normalized spacial score (nSPS) is 17.9. The molecule has 1 fully saturated rings. The first-order valence-electron chi connectivity index (χ1n) is 8.73. The number of ketones is 2. The average Bonchev–Trinajstić information content (AvgIpc) is 3.23. The highest BCUT2D eigenvalue weighted by molar-refractivity contribution is 7.91. The molecule has 0 radical (unpaired) electrons. The Morgan fingerprint density at radius 1 is 0.889 bits per heavy atom. The van der Waals surface area contributed by atoms with E-state index in [9.17, 15) is 18.0 Å². The van der Waals surface area contributed by atoms with E-state index in [0.717, 1.165) is 30.6 Å². The zero-order chi connectivity index (χ0) is 19.0. The number of piperidine rings is 1. The van der Waals surface area contributed by atoms with Crippen molar-refractivity contribution in [1.82, 2.24) is 9.62 Å². The molecule has 2 aliphatic rings. The number of benzene rings is 1. The van der Waals surface area contributed by atoms with E-state index in [4.69, 9.17) is 0 Å². The van der Waals surface area contributed by atoms with Crippen LogP contribution >= 0.6 is 11.3 Å². The third-order valence-electron chi connectivity index (χ3n) is 4.76. The molecular weight excluding hydrogens is 384 g/mol. The van der Waals surface area contributed by atoms with Gasteiger partial charge in [-0.15, -0.1) is 11.3 Å². The van der Waals surface area contributed by atoms with Crippen LogP contribution in [0.2, 0.25) is 0 Å². The van der Waals surface area contributed by atoms with E-state index in [0.29, 0.717) is 18.7 Å². The van der Waals surface area contributed by atoms with Crippen LogP contribution < -0.4 is 4.72 Å². The highest BCUT2D eigenvalue weighted by Gasteiger charge is 2.37. The van der Waals surface area contributed by atoms with Crippen LogP contribution in [0.4, 0.5) is 0 Å². The molecule has 140 valence electrons. The zero-order valence-corrected chi connectivity index (χ0v) is 16.1. The number of sulfonamides is 1. The molecule has 8 heteroatoms. The van der Waals surface area contributed by atoms with Gasteiger partial charge in [0.05, 0.1) is 0 Å². The van der Waals surface area contributed by atoms with Crippen molar-refractivity contribution in [2.75, 3.05) is 13.1 Å². The molecule has 1 aliphatic heterocycles. The van der Waals surface area contributed by atoms with Crippen molar-refractivity contribution in [3.8, 4) is 0 Å². The van der Waals surface area contributed by atoms with E-state index < -0.39 is 15.8 Å². The van der Waals surface area contributed by atoms with Crippen molar-refractivity contribution in [3.63, 3.8) is 0 Å². The van der Waals surface area contributed by atoms with Crippen LogP contribution in [0.15, 0.2) is 57.4 Å². The number of carbonyl (C=O) groups excluding carboxylic acids is 2. The summed E-state index contributed by atoms with van der Waals surface area (Å²) >= 11 is 1.06. The predicted molar refractivity (Wildman–Crippen MR) is 102 cm³/mol. The highest BCUT2D eigenvalue weighted by Crippen LogP contribution is 2.30. The fraction of sp³-hybridized carbons (Fsp3) is 0.263. The Hall–Kier alpha value is -2.45. The molecule has 0 unspecified atom stereocenters. The zero-order valence-electron chi connectivity index (χ0n) is 14.5. The standard InChI is InChI=1S/C19H18N2O4S2/c22-18-13-7-2-3-8-14(13)19(23)17(21-10-4-1-5-11-21)16(18)20-27(24,25)15-9-6-12-26-15/h2-3,6-9,12,20H,1,4-5,10-11H2. The van der Waals surface area contributed by atoms with Crippen molar-refractivity contribution in [1.29, 1.82) is 0 Å². The molecule has 0 saturated carbocycles. The number of allylic oxidation sites excluding steroid dienone is 2. The first-order chi connectivity index (χ1) is 13.0. The second kappa shape index (κ2) is 6.94. The van der Waals surface area contributed by atoms with Crippen LogP contribution in [0.1, 0.15) is 40.0 Å². The molecule has 0 atom stereocenters. The first kappa shape index (κ1) is 17.9. The molecular formula is C19H18N2O4S2. The lowest BCUT2D eigenvalue weighted by atomic mass is 9.89. The Kier molecular flexibility index (Phi) is 4.61. The lowest BCUT2D eigenvalue weighted by Gasteiger charge is -2.34. The minimum Gasteiger partial charge on any atom is -0.367 e. The molecule has 1 aromatic carbocycles. The molecule has 1 N–H and O–H groups in total. The smallest absolute Gasteiger partial charge is 0.271 e. The van der Waals surface area contributed by atoms with Crippen LogP contribution in [0.3, 0.4) is 0 Å². The fourth-order valence-corrected chi connectivity index (χ4v) is 5.54. The first-order valence-corrected chi connectivity index (χ1v) is 11.1. The van der Waals surface area contributed by atoms with Gasteiger partial charge in [-0.25, -0.2) is 8.42 Å². The number of hydrogen-bond acceptors (Lipinski definition) is 6. The quantitative estimate of drug-likeness (QED) is 0.850. The number of likely N-dealkylation sites (tertiary alicyclic amines) is 1. The highest BCUT2D eigenvalue weighted by atomic mass is 32.2. The monoisotopic (exact) mass is 402 g/mol. The summed E-state index contributed by atoms with van der Waals surface area (Å²) in [6.45, 7) is 1.25. The third kappa shape index (κ3) is 3.19. The van der Waals surface area contributed by atoms with E-state index in [1.54, 1.807) is 35.7 Å². The SMILES string of the molecule is O=C1C(NS(=O)(=O)c2cccs2)=C(N2CCCCC2)C(=O)c2ccccc21. The maximum absolute atomic E-state index is 13.2. The number of carbonyl (C=O) groups is 2. The summed E-state index contributed by atoms with van der Waals surface area (Å²) in [4.78, 5) is 28.1. The summed E-state index contributed by atoms with van der Waals surface area (Å²) in [6.07, 6.45) is 2.86. The topological polar surface area (TPSA) is 83.6 Å². The number of Topliss-reactive ketones (excluding diaryl/α,β-unsaturated/α-hetero) is 2. The van der Waals surface area contributed by atoms with Gasteiger partial charge in [-0.2, -0.15) is 0 Å². The van der Waals surface area contributed by atoms with Gasteiger partial charge in [-0.05, 0) is 30.7 Å². The summed E-state index contributed by atoms with van der Waals surface area (Å²) in [6, 6.07) is 9.64. The van der Waals surface area contributed by atoms with E-state index in [2.05, 4.69) is 4.72 Å². The maximum Gasteiger partial charge on any atom is 0.271 e. The maximum atomic E-state index is 13.2. The van der Waals surface area contributed by atoms with Crippen molar-refractivity contribution >= 4 is 32.9 Å². The Balaban J connectivity index is 1.84. The summed E-state index contributed by atoms with van der Waals surface area (Å²) in [5.74, 6) is -0.776. The predicted octanol–water partition coefficient (Wildman–Crippen LogP) is 2.80. The van der Waals surface area contributed by atoms with Gasteiger partial charge in [0.25, 0.3) is 10.0 Å². The van der Waals surface area contributed by atoms with Gasteiger partial charge in [0.1, 0.15) is 15.6 Å². The Bertz CT molecular complexity index is 1030. The molecule has 27 heavy (non-hydrogen) atoms. The lowest BCUT2D eigenvalue weighted by Crippen LogP contribution is -2.41. The Morgan fingerprint density at radius 2 is 1.56 bits per heavy atom. The molecule has 0 amide bonds. The van der Waals surface area contributed by atoms with E-state index in [-0.39, 0.29) is 26.9 Å². The molecule has 1 saturated heterocycles. The minimum absolute atomic E-state index is 0.104. The molecule has 2 aromatic rings. The van der Waals surface area contributed by atoms with Gasteiger partial charge in [0.2, 0.25) is 11.6 Å². The van der Waals surface area contributed by atoms with Gasteiger partial charge in [0.15, 0.2) is 0 Å². The van der Waals surface area contributed by atoms with Gasteiger partial charge in [-0.1, -0.05) is 30.3 Å². The third-order valence-corrected chi connectivity index (χ3v) is 7.51. The molecule has 6 nitrogen and oxygen atoms in total. The molecule has 1 aromatic heterocycles. The Morgan fingerprint density at radius 3 is 2.19 bits per heavy atom. The lowest BCUT2D eigenvalue weighted by molar-refractivity contribution is 0.0930. The van der Waals surface area contributed by atoms with Gasteiger partial charge >= 0.3 is 0 Å². The summed E-state index contributed by atoms with van der Waals surface area (Å²) in [7, 11) is -3.94. The second-order valence-electron chi connectivity index (χ2n) is 6.51. The van der Waals surface area contributed by atoms with Gasteiger partial charge in [0, 0.05) is 24.2 Å². The van der Waals surface area contributed by atoms with Crippen LogP contribution in [0, 0.1) is 0 Å². The van der Waals surface area contributed by atoms with Crippen molar-refractivity contribution in [2.24, 2.45) is 0 Å². The average molecular weight is 402 g/mol. The Labute approximate surface area is 161 Å². The number of fused-ring (bicyclic) bond motifs is 1. The van der Waals surface area contributed by atoms with Gasteiger partial charge in [-0.3, -0.25) is 14.3 Å². The van der Waals surface area contributed by atoms with Crippen LogP contribution in [0.5, 0.6) is 0 Å². The summed E-state index contributed by atoms with van der Waals surface area (Å²) in [5.41, 5.74) is 0.571. The number of hydrogen-bond donors (Lipinski definition) is 1. The number of thiophene rings is 1. The number of nitrogens with zero attached hydrogens (tertiary/aromatic N) is 1. The van der Waals surface area contributed by atoms with Crippen molar-refractivity contribution < 1.29 is 18.0 Å². The summed E-state index contributed by atoms with van der Waals surface area (Å²) in [5, 5.41) is 1.65. The largest absolute Gasteiger partial charge is 0.367 e. The molecule has 4 rings (SSSR count). The summed E-state index contributed by atoms with van der Waals surface area (Å²) < 4.78 is 28.0. The minimum atomic E-state index is -3.94. The number of rotatable bonds is 4. The van der Waals surface area contributed by atoms with Gasteiger partial charge < -0.3 is 4.90 Å². The van der Waals surface area contributed by atoms with Crippen LogP contribution in [-0.2, 0) is 10.0 Å². The molecule has 1 aliphatic carbocycles. The fourth-order valence-electron chi connectivity index (χ4n) is 3.48. The molecule has 0 spiro atoms. The van der Waals surface area contributed by atoms with E-state index >= 15 is 0 Å². The van der Waals surface area contributed by atoms with E-state index in [1.165, 1.54) is 6.07 Å². The molecule has 0 bridgehead atoms. The second-order valence-corrected chi connectivity index (χ2v) is 9.37. The van der Waals surface area contributed by atoms with Crippen LogP contribution in [-0.4, -0.2) is 38.0 Å². The van der Waals surface area contributed by atoms with Crippen LogP contribution in [0.25, 0.3) is 0 Å². The van der Waals surface area contributed by atoms with E-state index in [1.807, 2.05) is 4.90 Å².